The third-order valence-corrected chi connectivity index (χ3v) is 8.22. The van der Waals surface area contributed by atoms with E-state index in [0.717, 1.165) is 41.8 Å². The number of benzene rings is 3. The molecule has 14 heteroatoms. The van der Waals surface area contributed by atoms with Crippen LogP contribution in [-0.2, 0) is 16.6 Å². The number of H-pyrrole nitrogens is 1. The van der Waals surface area contributed by atoms with Crippen LogP contribution in [0, 0.1) is 10.1 Å². The molecule has 0 aliphatic carbocycles. The van der Waals surface area contributed by atoms with Crippen LogP contribution in [0.25, 0.3) is 11.0 Å². The highest BCUT2D eigenvalue weighted by Gasteiger charge is 2.29. The van der Waals surface area contributed by atoms with E-state index < -0.39 is 31.4 Å². The minimum absolute atomic E-state index is 0.0739. The Morgan fingerprint density at radius 3 is 2.57 bits per heavy atom. The van der Waals surface area contributed by atoms with Gasteiger partial charge < -0.3 is 24.7 Å². The maximum Gasteiger partial charge on any atom is 0.291 e. The third-order valence-electron chi connectivity index (χ3n) is 6.85. The average molecular weight is 645 g/mol. The van der Waals surface area contributed by atoms with Crippen LogP contribution in [0.4, 0.5) is 11.4 Å². The van der Waals surface area contributed by atoms with Crippen LogP contribution in [0.3, 0.4) is 0 Å². The number of aromatic nitrogens is 2. The van der Waals surface area contributed by atoms with E-state index in [1.165, 1.54) is 30.5 Å². The van der Waals surface area contributed by atoms with Gasteiger partial charge >= 0.3 is 0 Å². The molecule has 0 aliphatic rings. The molecule has 0 bridgehead atoms. The summed E-state index contributed by atoms with van der Waals surface area (Å²) >= 11 is 0. The first-order valence-corrected chi connectivity index (χ1v) is 15.7. The van der Waals surface area contributed by atoms with Crippen molar-refractivity contribution >= 4 is 38.3 Å². The van der Waals surface area contributed by atoms with Crippen molar-refractivity contribution in [3.63, 3.8) is 0 Å². The largest absolute Gasteiger partial charge is 0.494 e. The molecular formula is C32H32N6O7S. The lowest BCUT2D eigenvalue weighted by molar-refractivity contribution is -0.387. The number of carbonyl (C=O) groups is 1. The molecule has 1 amide bonds. The van der Waals surface area contributed by atoms with Gasteiger partial charge in [0.05, 0.1) is 23.3 Å². The molecule has 5 aromatic rings. The first-order valence-electron chi connectivity index (χ1n) is 14.2. The lowest BCUT2D eigenvalue weighted by atomic mass is 10.2. The first-order chi connectivity index (χ1) is 22.1. The van der Waals surface area contributed by atoms with Gasteiger partial charge in [-0.05, 0) is 74.6 Å². The second-order valence-electron chi connectivity index (χ2n) is 10.6. The minimum Gasteiger partial charge on any atom is -0.494 e. The molecular weight excluding hydrogens is 612 g/mol. The Balaban J connectivity index is 1.26. The molecule has 2 heterocycles. The van der Waals surface area contributed by atoms with Gasteiger partial charge in [0.25, 0.3) is 21.6 Å². The number of nitrogens with zero attached hydrogens (tertiary/aromatic N) is 3. The number of anilines is 1. The highest BCUT2D eigenvalue weighted by molar-refractivity contribution is 7.90. The van der Waals surface area contributed by atoms with Crippen LogP contribution >= 0.6 is 0 Å². The molecule has 238 valence electrons. The Kier molecular flexibility index (Phi) is 9.79. The van der Waals surface area contributed by atoms with E-state index in [2.05, 4.69) is 20.2 Å². The molecule has 3 aromatic carbocycles. The topological polar surface area (TPSA) is 169 Å². The number of fused-ring (bicyclic) bond motifs is 1. The summed E-state index contributed by atoms with van der Waals surface area (Å²) < 4.78 is 40.0. The monoisotopic (exact) mass is 644 g/mol. The van der Waals surface area contributed by atoms with Gasteiger partial charge in [0.2, 0.25) is 0 Å². The van der Waals surface area contributed by atoms with Crippen molar-refractivity contribution in [3.8, 4) is 17.2 Å². The average Bonchev–Trinajstić information content (AvgIpc) is 3.50. The maximum atomic E-state index is 13.3. The van der Waals surface area contributed by atoms with Crippen molar-refractivity contribution in [2.24, 2.45) is 0 Å². The number of sulfonamides is 1. The van der Waals surface area contributed by atoms with E-state index in [-0.39, 0.29) is 11.3 Å². The number of nitrogens with one attached hydrogen (secondary N) is 3. The van der Waals surface area contributed by atoms with Crippen molar-refractivity contribution in [1.29, 1.82) is 0 Å². The zero-order chi connectivity index (χ0) is 32.7. The van der Waals surface area contributed by atoms with Crippen LogP contribution in [-0.4, -0.2) is 61.4 Å². The zero-order valence-electron chi connectivity index (χ0n) is 25.1. The maximum absolute atomic E-state index is 13.3. The summed E-state index contributed by atoms with van der Waals surface area (Å²) in [7, 11) is -0.648. The van der Waals surface area contributed by atoms with Crippen LogP contribution in [0.5, 0.6) is 17.2 Å². The van der Waals surface area contributed by atoms with Crippen molar-refractivity contribution < 1.29 is 27.6 Å². The van der Waals surface area contributed by atoms with Crippen LogP contribution in [0.1, 0.15) is 22.3 Å². The molecule has 5 rings (SSSR count). The normalized spacial score (nSPS) is 11.4. The van der Waals surface area contributed by atoms with Crippen LogP contribution in [0.2, 0.25) is 0 Å². The predicted molar refractivity (Wildman–Crippen MR) is 173 cm³/mol. The summed E-state index contributed by atoms with van der Waals surface area (Å²) in [6, 6.07) is 20.6. The number of rotatable bonds is 14. The highest BCUT2D eigenvalue weighted by Crippen LogP contribution is 2.30. The Morgan fingerprint density at radius 2 is 1.80 bits per heavy atom. The SMILES string of the molecule is CN(C)CCCOc1ccc(CNc2ccc(S(=O)(=O)NC(=O)c3ccccc3Oc3cnc4[nH]ccc4c3)c([N+](=O)[O-])c2)cc1. The molecule has 0 saturated carbocycles. The summed E-state index contributed by atoms with van der Waals surface area (Å²) in [5.41, 5.74) is 1.08. The summed E-state index contributed by atoms with van der Waals surface area (Å²) in [6.07, 6.45) is 4.08. The lowest BCUT2D eigenvalue weighted by Crippen LogP contribution is -2.31. The fourth-order valence-electron chi connectivity index (χ4n) is 4.55. The number of nitro benzene ring substituents is 1. The molecule has 0 saturated heterocycles. The van der Waals surface area contributed by atoms with E-state index in [9.17, 15) is 23.3 Å². The summed E-state index contributed by atoms with van der Waals surface area (Å²) in [5, 5.41) is 15.8. The van der Waals surface area contributed by atoms with Gasteiger partial charge in [-0.3, -0.25) is 14.9 Å². The van der Waals surface area contributed by atoms with Crippen LogP contribution < -0.4 is 19.5 Å². The van der Waals surface area contributed by atoms with Crippen LogP contribution in [0.15, 0.2) is 96.2 Å². The molecule has 3 N–H and O–H groups in total. The molecule has 0 atom stereocenters. The van der Waals surface area contributed by atoms with E-state index >= 15 is 0 Å². The number of nitro groups is 1. The second kappa shape index (κ2) is 14.1. The molecule has 0 fully saturated rings. The molecule has 0 radical (unpaired) electrons. The number of para-hydroxylation sites is 1. The number of carbonyl (C=O) groups excluding carboxylic acids is 1. The molecule has 2 aromatic heterocycles. The number of aromatic amines is 1. The standard InChI is InChI=1S/C32H32N6O7S/c1-37(2)16-5-17-44-25-11-8-22(9-12-25)20-34-24-10-13-30(28(19-24)38(40)41)46(42,43)36-32(39)27-6-3-4-7-29(27)45-26-18-23-14-15-33-31(23)35-21-26/h3-4,6-15,18-19,21,34H,5,16-17,20H2,1-2H3,(H,33,35)(H,36,39). The molecule has 0 spiro atoms. The fourth-order valence-corrected chi connectivity index (χ4v) is 5.67. The number of amides is 1. The van der Waals surface area contributed by atoms with Crippen molar-refractivity contribution in [1.82, 2.24) is 19.6 Å². The summed E-state index contributed by atoms with van der Waals surface area (Å²) in [6.45, 7) is 1.84. The Hall–Kier alpha value is -5.47. The van der Waals surface area contributed by atoms with Gasteiger partial charge in [0.15, 0.2) is 4.90 Å². The Morgan fingerprint density at radius 1 is 1.02 bits per heavy atom. The van der Waals surface area contributed by atoms with Gasteiger partial charge in [-0.25, -0.2) is 18.1 Å². The Labute approximate surface area is 265 Å². The predicted octanol–water partition coefficient (Wildman–Crippen LogP) is 5.32. The number of hydrogen-bond donors (Lipinski definition) is 3. The van der Waals surface area contributed by atoms with E-state index in [4.69, 9.17) is 9.47 Å². The number of pyridine rings is 1. The van der Waals surface area contributed by atoms with E-state index in [0.29, 0.717) is 30.2 Å². The van der Waals surface area contributed by atoms with Crippen molar-refractivity contribution in [3.05, 3.63) is 112 Å². The Bertz CT molecular complexity index is 1960. The molecule has 13 nitrogen and oxygen atoms in total. The smallest absolute Gasteiger partial charge is 0.291 e. The van der Waals surface area contributed by atoms with Gasteiger partial charge in [0.1, 0.15) is 22.9 Å². The van der Waals surface area contributed by atoms with E-state index in [1.807, 2.05) is 43.1 Å². The molecule has 0 unspecified atom stereocenters. The van der Waals surface area contributed by atoms with Gasteiger partial charge in [-0.2, -0.15) is 0 Å². The lowest BCUT2D eigenvalue weighted by Gasteiger charge is -2.13. The van der Waals surface area contributed by atoms with Crippen molar-refractivity contribution in [2.75, 3.05) is 32.6 Å². The summed E-state index contributed by atoms with van der Waals surface area (Å²) in [5.74, 6) is 0.116. The molecule has 0 aliphatic heterocycles. The van der Waals surface area contributed by atoms with Gasteiger partial charge in [-0.1, -0.05) is 24.3 Å². The van der Waals surface area contributed by atoms with Gasteiger partial charge in [0, 0.05) is 36.4 Å². The fraction of sp³-hybridized carbons (Fsp3) is 0.188. The zero-order valence-corrected chi connectivity index (χ0v) is 25.9. The first kappa shape index (κ1) is 31.9. The second-order valence-corrected chi connectivity index (χ2v) is 12.2. The summed E-state index contributed by atoms with van der Waals surface area (Å²) in [4.78, 5) is 32.9. The number of ether oxygens (including phenoxy) is 2. The number of hydrogen-bond acceptors (Lipinski definition) is 10. The van der Waals surface area contributed by atoms with Gasteiger partial charge in [-0.15, -0.1) is 0 Å². The third kappa shape index (κ3) is 7.97. The van der Waals surface area contributed by atoms with E-state index in [1.54, 1.807) is 24.4 Å². The quantitative estimate of drug-likeness (QED) is 0.0817. The van der Waals surface area contributed by atoms with Crippen molar-refractivity contribution in [2.45, 2.75) is 17.9 Å². The minimum atomic E-state index is -4.66. The highest BCUT2D eigenvalue weighted by atomic mass is 32.2. The molecule has 46 heavy (non-hydrogen) atoms.